The average molecular weight is 287 g/mol. The second kappa shape index (κ2) is 6.48. The van der Waals surface area contributed by atoms with Gasteiger partial charge in [-0.25, -0.2) is 4.79 Å². The number of rotatable bonds is 3. The van der Waals surface area contributed by atoms with Crippen LogP contribution in [0.15, 0.2) is 24.3 Å². The van der Waals surface area contributed by atoms with E-state index < -0.39 is 0 Å². The molecule has 0 saturated carbocycles. The molecule has 2 saturated heterocycles. The minimum Gasteiger partial charge on any atom is -0.338 e. The molecule has 3 rings (SSSR count). The van der Waals surface area contributed by atoms with E-state index in [9.17, 15) is 4.79 Å². The molecule has 1 atom stereocenters. The highest BCUT2D eigenvalue weighted by Crippen LogP contribution is 2.21. The van der Waals surface area contributed by atoms with Gasteiger partial charge in [-0.2, -0.15) is 0 Å². The van der Waals surface area contributed by atoms with Crippen LogP contribution >= 0.6 is 0 Å². The number of hydrogen-bond donors (Lipinski definition) is 1. The number of nitrogens with zero attached hydrogens (tertiary/aromatic N) is 2. The second-order valence-corrected chi connectivity index (χ2v) is 6.25. The summed E-state index contributed by atoms with van der Waals surface area (Å²) >= 11 is 0. The Morgan fingerprint density at radius 2 is 2.24 bits per heavy atom. The van der Waals surface area contributed by atoms with Crippen LogP contribution in [0.2, 0.25) is 0 Å². The van der Waals surface area contributed by atoms with Crippen molar-refractivity contribution in [3.05, 3.63) is 35.4 Å². The van der Waals surface area contributed by atoms with Gasteiger partial charge >= 0.3 is 6.03 Å². The number of benzene rings is 1. The summed E-state index contributed by atoms with van der Waals surface area (Å²) in [6.45, 7) is 6.84. The first-order chi connectivity index (χ1) is 10.2. The number of carbonyl (C=O) groups excluding carboxylic acids is 1. The highest BCUT2D eigenvalue weighted by molar-refractivity contribution is 5.74. The maximum absolute atomic E-state index is 12.2. The predicted molar refractivity (Wildman–Crippen MR) is 84.4 cm³/mol. The molecule has 0 radical (unpaired) electrons. The topological polar surface area (TPSA) is 35.6 Å². The van der Waals surface area contributed by atoms with Gasteiger partial charge in [-0.05, 0) is 38.3 Å². The third-order valence-electron chi connectivity index (χ3n) is 4.65. The zero-order valence-corrected chi connectivity index (χ0v) is 12.8. The molecule has 2 fully saturated rings. The number of aryl methyl sites for hydroxylation is 1. The largest absolute Gasteiger partial charge is 0.338 e. The predicted octanol–water partition coefficient (Wildman–Crippen LogP) is 2.03. The zero-order chi connectivity index (χ0) is 14.7. The van der Waals surface area contributed by atoms with Gasteiger partial charge in [0.2, 0.25) is 0 Å². The first-order valence-electron chi connectivity index (χ1n) is 8.05. The summed E-state index contributed by atoms with van der Waals surface area (Å²) < 4.78 is 0. The molecule has 1 aromatic rings. The quantitative estimate of drug-likeness (QED) is 0.923. The van der Waals surface area contributed by atoms with Crippen molar-refractivity contribution in [2.24, 2.45) is 0 Å². The first kappa shape index (κ1) is 14.4. The van der Waals surface area contributed by atoms with Crippen molar-refractivity contribution in [1.82, 2.24) is 15.1 Å². The van der Waals surface area contributed by atoms with Gasteiger partial charge in [0.15, 0.2) is 0 Å². The Kier molecular flexibility index (Phi) is 4.44. The lowest BCUT2D eigenvalue weighted by Crippen LogP contribution is -2.54. The highest BCUT2D eigenvalue weighted by atomic mass is 16.2. The summed E-state index contributed by atoms with van der Waals surface area (Å²) in [6.07, 6.45) is 3.43. The molecule has 0 spiro atoms. The Balaban J connectivity index is 1.44. The van der Waals surface area contributed by atoms with E-state index in [2.05, 4.69) is 41.4 Å². The monoisotopic (exact) mass is 287 g/mol. The van der Waals surface area contributed by atoms with Crippen molar-refractivity contribution in [2.75, 3.05) is 32.7 Å². The molecular formula is C17H25N3O. The molecule has 2 heterocycles. The molecule has 4 nitrogen and oxygen atoms in total. The third kappa shape index (κ3) is 3.56. The first-order valence-corrected chi connectivity index (χ1v) is 8.05. The van der Waals surface area contributed by atoms with Crippen LogP contribution in [0.4, 0.5) is 4.79 Å². The lowest BCUT2D eigenvalue weighted by molar-refractivity contribution is 0.117. The minimum absolute atomic E-state index is 0.106. The van der Waals surface area contributed by atoms with Crippen molar-refractivity contribution >= 4 is 6.03 Å². The minimum atomic E-state index is 0.106. The van der Waals surface area contributed by atoms with Crippen molar-refractivity contribution in [3.63, 3.8) is 0 Å². The van der Waals surface area contributed by atoms with E-state index in [-0.39, 0.29) is 6.03 Å². The Bertz CT molecular complexity index is 503. The fourth-order valence-electron chi connectivity index (χ4n) is 3.47. The van der Waals surface area contributed by atoms with E-state index in [0.717, 1.165) is 26.1 Å². The van der Waals surface area contributed by atoms with Crippen molar-refractivity contribution < 1.29 is 4.79 Å². The van der Waals surface area contributed by atoms with Gasteiger partial charge in [-0.15, -0.1) is 0 Å². The van der Waals surface area contributed by atoms with Crippen LogP contribution in [0.25, 0.3) is 0 Å². The summed E-state index contributed by atoms with van der Waals surface area (Å²) in [5.74, 6) is 0. The van der Waals surface area contributed by atoms with Crippen LogP contribution in [0.1, 0.15) is 24.0 Å². The van der Waals surface area contributed by atoms with E-state index in [4.69, 9.17) is 0 Å². The van der Waals surface area contributed by atoms with Gasteiger partial charge in [0, 0.05) is 32.2 Å². The number of piperazine rings is 1. The summed E-state index contributed by atoms with van der Waals surface area (Å²) in [7, 11) is 0. The van der Waals surface area contributed by atoms with Crippen molar-refractivity contribution in [3.8, 4) is 0 Å². The standard InChI is InChI=1S/C17H25N3O/c1-14-4-2-5-15(12-14)7-8-18-17(21)20-11-10-19-9-3-6-16(19)13-20/h2,4-5,12,16H,3,6-11,13H2,1H3,(H,18,21)/t16-/m0/s1. The van der Waals surface area contributed by atoms with E-state index in [0.29, 0.717) is 12.6 Å². The molecule has 2 aliphatic heterocycles. The van der Waals surface area contributed by atoms with Gasteiger partial charge in [-0.3, -0.25) is 4.90 Å². The van der Waals surface area contributed by atoms with Gasteiger partial charge < -0.3 is 10.2 Å². The lowest BCUT2D eigenvalue weighted by Gasteiger charge is -2.37. The van der Waals surface area contributed by atoms with Gasteiger partial charge in [0.05, 0.1) is 0 Å². The number of fused-ring (bicyclic) bond motifs is 1. The number of amides is 2. The van der Waals surface area contributed by atoms with Crippen LogP contribution in [-0.2, 0) is 6.42 Å². The summed E-state index contributed by atoms with van der Waals surface area (Å²) in [6, 6.07) is 9.19. The van der Waals surface area contributed by atoms with Gasteiger partial charge in [0.1, 0.15) is 0 Å². The molecule has 21 heavy (non-hydrogen) atoms. The summed E-state index contributed by atoms with van der Waals surface area (Å²) in [5.41, 5.74) is 2.56. The van der Waals surface area contributed by atoms with E-state index in [1.807, 2.05) is 4.90 Å². The fourth-order valence-corrected chi connectivity index (χ4v) is 3.47. The average Bonchev–Trinajstić information content (AvgIpc) is 2.94. The van der Waals surface area contributed by atoms with Gasteiger partial charge in [0.25, 0.3) is 0 Å². The number of urea groups is 1. The van der Waals surface area contributed by atoms with Crippen LogP contribution < -0.4 is 5.32 Å². The zero-order valence-electron chi connectivity index (χ0n) is 12.8. The van der Waals surface area contributed by atoms with Crippen molar-refractivity contribution in [1.29, 1.82) is 0 Å². The van der Waals surface area contributed by atoms with E-state index >= 15 is 0 Å². The third-order valence-corrected chi connectivity index (χ3v) is 4.65. The number of hydrogen-bond acceptors (Lipinski definition) is 2. The highest BCUT2D eigenvalue weighted by Gasteiger charge is 2.32. The van der Waals surface area contributed by atoms with Crippen LogP contribution in [0.3, 0.4) is 0 Å². The van der Waals surface area contributed by atoms with Crippen molar-refractivity contribution in [2.45, 2.75) is 32.2 Å². The van der Waals surface area contributed by atoms with Crippen LogP contribution in [0, 0.1) is 6.92 Å². The normalized spacial score (nSPS) is 22.1. The number of carbonyl (C=O) groups is 1. The van der Waals surface area contributed by atoms with E-state index in [1.165, 1.54) is 30.5 Å². The molecule has 0 bridgehead atoms. The van der Waals surface area contributed by atoms with Crippen LogP contribution in [-0.4, -0.2) is 54.6 Å². The molecule has 114 valence electrons. The second-order valence-electron chi connectivity index (χ2n) is 6.25. The molecule has 0 aromatic heterocycles. The lowest BCUT2D eigenvalue weighted by atomic mass is 10.1. The molecular weight excluding hydrogens is 262 g/mol. The Morgan fingerprint density at radius 3 is 3.10 bits per heavy atom. The molecule has 4 heteroatoms. The number of nitrogens with one attached hydrogen (secondary N) is 1. The Morgan fingerprint density at radius 1 is 1.33 bits per heavy atom. The molecule has 1 aromatic carbocycles. The summed E-state index contributed by atoms with van der Waals surface area (Å²) in [4.78, 5) is 16.8. The summed E-state index contributed by atoms with van der Waals surface area (Å²) in [5, 5.41) is 3.07. The maximum atomic E-state index is 12.2. The molecule has 1 N–H and O–H groups in total. The van der Waals surface area contributed by atoms with E-state index in [1.54, 1.807) is 0 Å². The Labute approximate surface area is 127 Å². The SMILES string of the molecule is Cc1cccc(CCNC(=O)N2CCN3CCC[C@H]3C2)c1. The fraction of sp³-hybridized carbons (Fsp3) is 0.588. The van der Waals surface area contributed by atoms with Crippen LogP contribution in [0.5, 0.6) is 0 Å². The van der Waals surface area contributed by atoms with Gasteiger partial charge in [-0.1, -0.05) is 29.8 Å². The Hall–Kier alpha value is -1.55. The molecule has 0 aliphatic carbocycles. The molecule has 2 amide bonds. The smallest absolute Gasteiger partial charge is 0.317 e. The molecule has 2 aliphatic rings. The maximum Gasteiger partial charge on any atom is 0.317 e. The molecule has 0 unspecified atom stereocenters.